The van der Waals surface area contributed by atoms with Crippen molar-refractivity contribution in [3.05, 3.63) is 18.2 Å². The summed E-state index contributed by atoms with van der Waals surface area (Å²) in [6.07, 6.45) is 1.15. The molecular formula is C14H27N5. The summed E-state index contributed by atoms with van der Waals surface area (Å²) in [6.45, 7) is 11.9. The van der Waals surface area contributed by atoms with Crippen molar-refractivity contribution in [3.63, 3.8) is 0 Å². The molecule has 1 rings (SSSR count). The maximum absolute atomic E-state index is 5.40. The molecule has 0 aliphatic heterocycles. The highest BCUT2D eigenvalue weighted by Gasteiger charge is 2.07. The van der Waals surface area contributed by atoms with Crippen molar-refractivity contribution in [2.24, 2.45) is 5.84 Å². The number of nitrogens with one attached hydrogen (secondary N) is 1. The number of hydrogen-bond donors (Lipinski definition) is 2. The third kappa shape index (κ3) is 5.04. The number of pyridine rings is 1. The van der Waals surface area contributed by atoms with Gasteiger partial charge >= 0.3 is 0 Å². The Morgan fingerprint density at radius 1 is 1.11 bits per heavy atom. The molecule has 0 unspecified atom stereocenters. The van der Waals surface area contributed by atoms with Gasteiger partial charge in [-0.3, -0.25) is 0 Å². The van der Waals surface area contributed by atoms with Gasteiger partial charge in [-0.05, 0) is 45.1 Å². The van der Waals surface area contributed by atoms with Crippen LogP contribution in [0.4, 0.5) is 11.6 Å². The van der Waals surface area contributed by atoms with Crippen LogP contribution in [0.25, 0.3) is 0 Å². The van der Waals surface area contributed by atoms with E-state index in [4.69, 9.17) is 5.84 Å². The lowest BCUT2D eigenvalue weighted by Crippen LogP contribution is -2.30. The molecule has 5 heteroatoms. The number of nitrogens with two attached hydrogens (primary N) is 1. The molecule has 0 spiro atoms. The monoisotopic (exact) mass is 265 g/mol. The fourth-order valence-corrected chi connectivity index (χ4v) is 2.14. The van der Waals surface area contributed by atoms with E-state index in [-0.39, 0.29) is 0 Å². The van der Waals surface area contributed by atoms with Gasteiger partial charge in [0.2, 0.25) is 0 Å². The number of hydrogen-bond acceptors (Lipinski definition) is 5. The molecule has 0 fully saturated rings. The minimum absolute atomic E-state index is 0.708. The van der Waals surface area contributed by atoms with Gasteiger partial charge in [-0.2, -0.15) is 0 Å². The van der Waals surface area contributed by atoms with Gasteiger partial charge in [0.05, 0.1) is 0 Å². The van der Waals surface area contributed by atoms with Crippen molar-refractivity contribution in [1.29, 1.82) is 0 Å². The fourth-order valence-electron chi connectivity index (χ4n) is 2.14. The van der Waals surface area contributed by atoms with Crippen LogP contribution in [0.3, 0.4) is 0 Å². The van der Waals surface area contributed by atoms with E-state index in [1.54, 1.807) is 0 Å². The number of nitrogens with zero attached hydrogens (tertiary/aromatic N) is 3. The molecule has 0 saturated heterocycles. The molecule has 0 radical (unpaired) electrons. The molecule has 1 aromatic heterocycles. The number of hydrazine groups is 1. The molecule has 0 saturated carbocycles. The van der Waals surface area contributed by atoms with Gasteiger partial charge in [0.15, 0.2) is 0 Å². The minimum atomic E-state index is 0.708. The minimum Gasteiger partial charge on any atom is -0.357 e. The lowest BCUT2D eigenvalue weighted by atomic mass is 10.3. The molecule has 1 heterocycles. The van der Waals surface area contributed by atoms with E-state index in [1.807, 2.05) is 18.2 Å². The van der Waals surface area contributed by atoms with Crippen molar-refractivity contribution in [2.75, 3.05) is 43.0 Å². The summed E-state index contributed by atoms with van der Waals surface area (Å²) in [5.41, 5.74) is 2.59. The number of anilines is 2. The summed E-state index contributed by atoms with van der Waals surface area (Å²) in [5.74, 6) is 7.09. The summed E-state index contributed by atoms with van der Waals surface area (Å²) in [5, 5.41) is 0. The van der Waals surface area contributed by atoms with Crippen LogP contribution in [0, 0.1) is 0 Å². The summed E-state index contributed by atoms with van der Waals surface area (Å²) in [4.78, 5) is 9.20. The molecule has 108 valence electrons. The molecule has 5 nitrogen and oxygen atoms in total. The first-order valence-electron chi connectivity index (χ1n) is 7.16. The quantitative estimate of drug-likeness (QED) is 0.528. The Morgan fingerprint density at radius 2 is 1.84 bits per heavy atom. The largest absolute Gasteiger partial charge is 0.357 e. The van der Waals surface area contributed by atoms with Gasteiger partial charge in [-0.15, -0.1) is 0 Å². The Morgan fingerprint density at radius 3 is 2.42 bits per heavy atom. The first-order chi connectivity index (χ1) is 9.24. The van der Waals surface area contributed by atoms with Crippen LogP contribution in [-0.2, 0) is 0 Å². The molecule has 0 atom stereocenters. The topological polar surface area (TPSA) is 57.4 Å². The summed E-state index contributed by atoms with van der Waals surface area (Å²) < 4.78 is 0. The van der Waals surface area contributed by atoms with E-state index in [2.05, 4.69) is 41.0 Å². The molecule has 0 aromatic carbocycles. The first kappa shape index (κ1) is 15.7. The first-order valence-corrected chi connectivity index (χ1v) is 7.16. The Hall–Kier alpha value is -1.33. The second-order valence-electron chi connectivity index (χ2n) is 4.49. The van der Waals surface area contributed by atoms with Crippen molar-refractivity contribution in [2.45, 2.75) is 27.2 Å². The Bertz CT molecular complexity index is 351. The van der Waals surface area contributed by atoms with Crippen LogP contribution in [0.5, 0.6) is 0 Å². The maximum Gasteiger partial charge on any atom is 0.142 e. The third-order valence-corrected chi connectivity index (χ3v) is 3.38. The van der Waals surface area contributed by atoms with Gasteiger partial charge in [0.25, 0.3) is 0 Å². The van der Waals surface area contributed by atoms with E-state index >= 15 is 0 Å². The molecular weight excluding hydrogens is 238 g/mol. The van der Waals surface area contributed by atoms with E-state index in [9.17, 15) is 0 Å². The van der Waals surface area contributed by atoms with Crippen LogP contribution < -0.4 is 16.2 Å². The predicted molar refractivity (Wildman–Crippen MR) is 82.3 cm³/mol. The molecule has 0 aliphatic rings. The summed E-state index contributed by atoms with van der Waals surface area (Å²) in [7, 11) is 0. The number of rotatable bonds is 9. The summed E-state index contributed by atoms with van der Waals surface area (Å²) in [6, 6.07) is 5.87. The Kier molecular flexibility index (Phi) is 7.22. The van der Waals surface area contributed by atoms with Crippen molar-refractivity contribution in [1.82, 2.24) is 9.88 Å². The molecule has 3 N–H and O–H groups in total. The molecule has 0 aliphatic carbocycles. The van der Waals surface area contributed by atoms with Crippen molar-refractivity contribution >= 4 is 11.6 Å². The molecule has 1 aromatic rings. The highest BCUT2D eigenvalue weighted by molar-refractivity contribution is 5.46. The maximum atomic E-state index is 5.40. The van der Waals surface area contributed by atoms with E-state index in [0.29, 0.717) is 5.82 Å². The fraction of sp³-hybridized carbons (Fsp3) is 0.643. The summed E-state index contributed by atoms with van der Waals surface area (Å²) >= 11 is 0. The van der Waals surface area contributed by atoms with Crippen LogP contribution in [0.15, 0.2) is 18.2 Å². The van der Waals surface area contributed by atoms with Gasteiger partial charge in [-0.1, -0.05) is 19.9 Å². The average Bonchev–Trinajstić information content (AvgIpc) is 2.47. The Balaban J connectivity index is 2.52. The smallest absolute Gasteiger partial charge is 0.142 e. The standard InChI is InChI=1S/C14H27N5/c1-4-18(5-2)11-8-12-19(6-3)14-10-7-9-13(16-14)17-15/h7,9-10H,4-6,8,11-12,15H2,1-3H3,(H,16,17). The molecule has 19 heavy (non-hydrogen) atoms. The second-order valence-corrected chi connectivity index (χ2v) is 4.49. The second kappa shape index (κ2) is 8.72. The highest BCUT2D eigenvalue weighted by atomic mass is 15.3. The van der Waals surface area contributed by atoms with Crippen LogP contribution >= 0.6 is 0 Å². The van der Waals surface area contributed by atoms with E-state index in [1.165, 1.54) is 0 Å². The van der Waals surface area contributed by atoms with Crippen molar-refractivity contribution in [3.8, 4) is 0 Å². The Labute approximate surface area is 116 Å². The zero-order valence-corrected chi connectivity index (χ0v) is 12.4. The third-order valence-electron chi connectivity index (χ3n) is 3.38. The van der Waals surface area contributed by atoms with Crippen LogP contribution in [0.1, 0.15) is 27.2 Å². The van der Waals surface area contributed by atoms with E-state index < -0.39 is 0 Å². The lowest BCUT2D eigenvalue weighted by Gasteiger charge is -2.24. The zero-order valence-electron chi connectivity index (χ0n) is 12.4. The molecule has 0 bridgehead atoms. The number of aromatic nitrogens is 1. The van der Waals surface area contributed by atoms with Gasteiger partial charge in [0.1, 0.15) is 11.6 Å². The number of nitrogen functional groups attached to an aromatic ring is 1. The lowest BCUT2D eigenvalue weighted by molar-refractivity contribution is 0.300. The normalized spacial score (nSPS) is 10.8. The molecule has 0 amide bonds. The van der Waals surface area contributed by atoms with Gasteiger partial charge in [-0.25, -0.2) is 10.8 Å². The average molecular weight is 265 g/mol. The van der Waals surface area contributed by atoms with Gasteiger partial charge in [0, 0.05) is 13.1 Å². The highest BCUT2D eigenvalue weighted by Crippen LogP contribution is 2.13. The van der Waals surface area contributed by atoms with Gasteiger partial charge < -0.3 is 15.2 Å². The van der Waals surface area contributed by atoms with E-state index in [0.717, 1.165) is 45.0 Å². The van der Waals surface area contributed by atoms with Crippen LogP contribution in [-0.4, -0.2) is 42.6 Å². The SMILES string of the molecule is CCN(CC)CCCN(CC)c1cccc(NN)n1. The van der Waals surface area contributed by atoms with Crippen LogP contribution in [0.2, 0.25) is 0 Å². The van der Waals surface area contributed by atoms with Crippen molar-refractivity contribution < 1.29 is 0 Å². The zero-order chi connectivity index (χ0) is 14.1. The predicted octanol–water partition coefficient (Wildman–Crippen LogP) is 1.93.